The summed E-state index contributed by atoms with van der Waals surface area (Å²) in [7, 11) is 0. The summed E-state index contributed by atoms with van der Waals surface area (Å²) >= 11 is 0. The summed E-state index contributed by atoms with van der Waals surface area (Å²) in [5.74, 6) is -0.220. The molecule has 1 heterocycles. The monoisotopic (exact) mass is 299 g/mol. The van der Waals surface area contributed by atoms with Crippen LogP contribution in [0.2, 0.25) is 0 Å². The predicted molar refractivity (Wildman–Crippen MR) is 72.5 cm³/mol. The van der Waals surface area contributed by atoms with Gasteiger partial charge in [-0.15, -0.1) is 0 Å². The standard InChI is InChI=1S/C15H16F3NO2/c1-11-10-19(7-8-21-11)14(20)6-5-12-3-2-4-13(9-12)15(16,17)18/h2-6,9,11H,7-8,10H2,1H3/b6-5+. The molecule has 0 spiro atoms. The molecule has 1 aliphatic heterocycles. The third kappa shape index (κ3) is 4.32. The van der Waals surface area contributed by atoms with Crippen LogP contribution in [0.4, 0.5) is 13.2 Å². The number of carbonyl (C=O) groups excluding carboxylic acids is 1. The van der Waals surface area contributed by atoms with Gasteiger partial charge in [0.15, 0.2) is 0 Å². The quantitative estimate of drug-likeness (QED) is 0.786. The number of amides is 1. The lowest BCUT2D eigenvalue weighted by molar-refractivity contribution is -0.137. The SMILES string of the molecule is CC1CN(C(=O)/C=C/c2cccc(C(F)(F)F)c2)CCO1. The highest BCUT2D eigenvalue weighted by Gasteiger charge is 2.30. The van der Waals surface area contributed by atoms with Crippen molar-refractivity contribution in [2.75, 3.05) is 19.7 Å². The fourth-order valence-corrected chi connectivity index (χ4v) is 2.11. The van der Waals surface area contributed by atoms with Gasteiger partial charge in [0.25, 0.3) is 0 Å². The van der Waals surface area contributed by atoms with Crippen LogP contribution in [0.1, 0.15) is 18.1 Å². The topological polar surface area (TPSA) is 29.5 Å². The average Bonchev–Trinajstić information content (AvgIpc) is 2.44. The molecule has 0 aromatic heterocycles. The van der Waals surface area contributed by atoms with Crippen LogP contribution in [0.3, 0.4) is 0 Å². The second-order valence-electron chi connectivity index (χ2n) is 4.92. The zero-order valence-electron chi connectivity index (χ0n) is 11.6. The number of benzene rings is 1. The molecule has 1 saturated heterocycles. The van der Waals surface area contributed by atoms with Gasteiger partial charge in [-0.05, 0) is 30.7 Å². The first-order chi connectivity index (χ1) is 9.86. The van der Waals surface area contributed by atoms with Crippen molar-refractivity contribution < 1.29 is 22.7 Å². The molecular formula is C15H16F3NO2. The zero-order chi connectivity index (χ0) is 15.5. The maximum absolute atomic E-state index is 12.6. The lowest BCUT2D eigenvalue weighted by Gasteiger charge is -2.30. The Kier molecular flexibility index (Phi) is 4.67. The van der Waals surface area contributed by atoms with E-state index in [1.165, 1.54) is 24.3 Å². The molecule has 21 heavy (non-hydrogen) atoms. The summed E-state index contributed by atoms with van der Waals surface area (Å²) in [4.78, 5) is 13.6. The van der Waals surface area contributed by atoms with Crippen LogP contribution >= 0.6 is 0 Å². The van der Waals surface area contributed by atoms with Crippen molar-refractivity contribution >= 4 is 12.0 Å². The first-order valence-corrected chi connectivity index (χ1v) is 6.62. The Morgan fingerprint density at radius 1 is 1.43 bits per heavy atom. The van der Waals surface area contributed by atoms with E-state index in [1.807, 2.05) is 6.92 Å². The Balaban J connectivity index is 2.05. The van der Waals surface area contributed by atoms with Crippen LogP contribution in [-0.4, -0.2) is 36.6 Å². The molecule has 1 fully saturated rings. The van der Waals surface area contributed by atoms with E-state index in [0.717, 1.165) is 12.1 Å². The van der Waals surface area contributed by atoms with Crippen LogP contribution < -0.4 is 0 Å². The molecule has 1 aromatic rings. The van der Waals surface area contributed by atoms with Crippen molar-refractivity contribution in [1.82, 2.24) is 4.90 Å². The number of halogens is 3. The molecule has 3 nitrogen and oxygen atoms in total. The summed E-state index contributed by atoms with van der Waals surface area (Å²) in [6.07, 6.45) is -1.71. The lowest BCUT2D eigenvalue weighted by atomic mass is 10.1. The molecule has 0 N–H and O–H groups in total. The zero-order valence-corrected chi connectivity index (χ0v) is 11.6. The molecule has 1 atom stereocenters. The van der Waals surface area contributed by atoms with Crippen molar-refractivity contribution in [3.8, 4) is 0 Å². The predicted octanol–water partition coefficient (Wildman–Crippen LogP) is 2.97. The number of hydrogen-bond acceptors (Lipinski definition) is 2. The molecule has 0 radical (unpaired) electrons. The highest BCUT2D eigenvalue weighted by atomic mass is 19.4. The summed E-state index contributed by atoms with van der Waals surface area (Å²) in [5, 5.41) is 0. The Hall–Kier alpha value is -1.82. The number of rotatable bonds is 2. The summed E-state index contributed by atoms with van der Waals surface area (Å²) in [6, 6.07) is 4.87. The van der Waals surface area contributed by atoms with Crippen molar-refractivity contribution in [3.05, 3.63) is 41.5 Å². The highest BCUT2D eigenvalue weighted by molar-refractivity contribution is 5.91. The molecule has 2 rings (SSSR count). The molecule has 1 unspecified atom stereocenters. The smallest absolute Gasteiger partial charge is 0.375 e. The van der Waals surface area contributed by atoms with E-state index >= 15 is 0 Å². The van der Waals surface area contributed by atoms with Gasteiger partial charge in [-0.2, -0.15) is 13.2 Å². The summed E-state index contributed by atoms with van der Waals surface area (Å²) in [6.45, 7) is 3.34. The number of ether oxygens (including phenoxy) is 1. The van der Waals surface area contributed by atoms with E-state index in [-0.39, 0.29) is 12.0 Å². The highest BCUT2D eigenvalue weighted by Crippen LogP contribution is 2.29. The van der Waals surface area contributed by atoms with Gasteiger partial charge in [0.2, 0.25) is 5.91 Å². The third-order valence-electron chi connectivity index (χ3n) is 3.19. The number of hydrogen-bond donors (Lipinski definition) is 0. The van der Waals surface area contributed by atoms with E-state index in [9.17, 15) is 18.0 Å². The minimum atomic E-state index is -4.38. The fraction of sp³-hybridized carbons (Fsp3) is 0.400. The van der Waals surface area contributed by atoms with Crippen molar-refractivity contribution in [1.29, 1.82) is 0 Å². The van der Waals surface area contributed by atoms with Gasteiger partial charge in [-0.1, -0.05) is 12.1 Å². The molecule has 1 amide bonds. The Bertz CT molecular complexity index is 540. The molecule has 0 aliphatic carbocycles. The van der Waals surface area contributed by atoms with Crippen molar-refractivity contribution in [2.24, 2.45) is 0 Å². The number of carbonyl (C=O) groups is 1. The Labute approximate surface area is 121 Å². The van der Waals surface area contributed by atoms with E-state index in [0.29, 0.717) is 25.3 Å². The molecule has 6 heteroatoms. The van der Waals surface area contributed by atoms with Gasteiger partial charge >= 0.3 is 6.18 Å². The van der Waals surface area contributed by atoms with Gasteiger partial charge in [0.05, 0.1) is 18.3 Å². The minimum absolute atomic E-state index is 0.0235. The molecular weight excluding hydrogens is 283 g/mol. The maximum atomic E-state index is 12.6. The van der Waals surface area contributed by atoms with E-state index < -0.39 is 11.7 Å². The summed E-state index contributed by atoms with van der Waals surface area (Å²) < 4.78 is 43.1. The van der Waals surface area contributed by atoms with Crippen LogP contribution in [0, 0.1) is 0 Å². The van der Waals surface area contributed by atoms with E-state index in [4.69, 9.17) is 4.74 Å². The van der Waals surface area contributed by atoms with Crippen LogP contribution in [0.5, 0.6) is 0 Å². The molecule has 1 aromatic carbocycles. The first-order valence-electron chi connectivity index (χ1n) is 6.62. The van der Waals surface area contributed by atoms with Crippen LogP contribution in [-0.2, 0) is 15.7 Å². The minimum Gasteiger partial charge on any atom is -0.375 e. The van der Waals surface area contributed by atoms with Gasteiger partial charge < -0.3 is 9.64 Å². The van der Waals surface area contributed by atoms with Crippen molar-refractivity contribution in [3.63, 3.8) is 0 Å². The Morgan fingerprint density at radius 3 is 2.86 bits per heavy atom. The second kappa shape index (κ2) is 6.30. The van der Waals surface area contributed by atoms with E-state index in [1.54, 1.807) is 4.90 Å². The third-order valence-corrected chi connectivity index (χ3v) is 3.19. The second-order valence-corrected chi connectivity index (χ2v) is 4.92. The molecule has 0 saturated carbocycles. The molecule has 0 bridgehead atoms. The maximum Gasteiger partial charge on any atom is 0.416 e. The van der Waals surface area contributed by atoms with Gasteiger partial charge in [0, 0.05) is 19.2 Å². The van der Waals surface area contributed by atoms with Gasteiger partial charge in [-0.25, -0.2) is 0 Å². The average molecular weight is 299 g/mol. The largest absolute Gasteiger partial charge is 0.416 e. The number of alkyl halides is 3. The van der Waals surface area contributed by atoms with Gasteiger partial charge in [-0.3, -0.25) is 4.79 Å². The van der Waals surface area contributed by atoms with Crippen LogP contribution in [0.15, 0.2) is 30.3 Å². The fourth-order valence-electron chi connectivity index (χ4n) is 2.11. The number of morpholine rings is 1. The lowest BCUT2D eigenvalue weighted by Crippen LogP contribution is -2.43. The van der Waals surface area contributed by atoms with Gasteiger partial charge in [0.1, 0.15) is 0 Å². The Morgan fingerprint density at radius 2 is 2.19 bits per heavy atom. The number of nitrogens with zero attached hydrogens (tertiary/aromatic N) is 1. The summed E-state index contributed by atoms with van der Waals surface area (Å²) in [5.41, 5.74) is -0.378. The van der Waals surface area contributed by atoms with Crippen LogP contribution in [0.25, 0.3) is 6.08 Å². The first kappa shape index (κ1) is 15.6. The normalized spacial score (nSPS) is 20.0. The van der Waals surface area contributed by atoms with Crippen molar-refractivity contribution in [2.45, 2.75) is 19.2 Å². The van der Waals surface area contributed by atoms with E-state index in [2.05, 4.69) is 0 Å². The molecule has 1 aliphatic rings. The molecule has 114 valence electrons.